The highest BCUT2D eigenvalue weighted by atomic mass is 35.5. The number of anilines is 3. The van der Waals surface area contributed by atoms with Crippen molar-refractivity contribution in [3.63, 3.8) is 0 Å². The fourth-order valence-corrected chi connectivity index (χ4v) is 1.89. The van der Waals surface area contributed by atoms with Crippen LogP contribution in [-0.4, -0.2) is 21.9 Å². The van der Waals surface area contributed by atoms with Gasteiger partial charge in [-0.1, -0.05) is 23.2 Å². The summed E-state index contributed by atoms with van der Waals surface area (Å²) < 4.78 is 5.13. The lowest BCUT2D eigenvalue weighted by atomic mass is 10.2. The van der Waals surface area contributed by atoms with Crippen LogP contribution in [0.2, 0.25) is 10.0 Å². The molecule has 0 atom stereocenters. The molecule has 1 heterocycles. The van der Waals surface area contributed by atoms with Gasteiger partial charge in [0, 0.05) is 5.69 Å². The summed E-state index contributed by atoms with van der Waals surface area (Å²) in [5.41, 5.74) is 0.147. The normalized spacial score (nSPS) is 11.0. The second-order valence-corrected chi connectivity index (χ2v) is 6.50. The molecule has 1 aromatic heterocycles. The maximum absolute atomic E-state index is 11.6. The van der Waals surface area contributed by atoms with Gasteiger partial charge in [-0.25, -0.2) is 4.79 Å². The predicted molar refractivity (Wildman–Crippen MR) is 91.6 cm³/mol. The zero-order valence-electron chi connectivity index (χ0n) is 12.9. The third kappa shape index (κ3) is 5.58. The SMILES string of the molecule is CC(C)(C)OC(=O)Nc1ccc(Nc2ccc(Cl)c(Cl)c2)nn1. The Hall–Kier alpha value is -2.05. The third-order valence-corrected chi connectivity index (χ3v) is 3.22. The first-order chi connectivity index (χ1) is 10.7. The number of hydrogen-bond donors (Lipinski definition) is 2. The number of benzene rings is 1. The van der Waals surface area contributed by atoms with Crippen molar-refractivity contribution in [1.29, 1.82) is 0 Å². The van der Waals surface area contributed by atoms with Crippen LogP contribution < -0.4 is 10.6 Å². The molecule has 0 aliphatic rings. The molecular weight excluding hydrogens is 339 g/mol. The van der Waals surface area contributed by atoms with Crippen molar-refractivity contribution >= 4 is 46.6 Å². The van der Waals surface area contributed by atoms with Gasteiger partial charge >= 0.3 is 6.09 Å². The number of hydrogen-bond acceptors (Lipinski definition) is 5. The summed E-state index contributed by atoms with van der Waals surface area (Å²) in [5, 5.41) is 14.3. The van der Waals surface area contributed by atoms with E-state index in [1.807, 2.05) is 0 Å². The molecule has 23 heavy (non-hydrogen) atoms. The maximum Gasteiger partial charge on any atom is 0.413 e. The van der Waals surface area contributed by atoms with Crippen LogP contribution in [0.5, 0.6) is 0 Å². The van der Waals surface area contributed by atoms with Crippen LogP contribution in [0.15, 0.2) is 30.3 Å². The number of halogens is 2. The van der Waals surface area contributed by atoms with Crippen molar-refractivity contribution in [2.75, 3.05) is 10.6 Å². The highest BCUT2D eigenvalue weighted by Crippen LogP contribution is 2.26. The molecule has 0 saturated heterocycles. The minimum Gasteiger partial charge on any atom is -0.444 e. The van der Waals surface area contributed by atoms with Gasteiger partial charge in [0.1, 0.15) is 5.60 Å². The van der Waals surface area contributed by atoms with Gasteiger partial charge in [-0.15, -0.1) is 10.2 Å². The molecule has 0 unspecified atom stereocenters. The first-order valence-electron chi connectivity index (χ1n) is 6.79. The van der Waals surface area contributed by atoms with Gasteiger partial charge in [0.05, 0.1) is 10.0 Å². The topological polar surface area (TPSA) is 76.1 Å². The molecule has 6 nitrogen and oxygen atoms in total. The van der Waals surface area contributed by atoms with E-state index in [0.717, 1.165) is 5.69 Å². The van der Waals surface area contributed by atoms with E-state index in [9.17, 15) is 4.79 Å². The zero-order valence-corrected chi connectivity index (χ0v) is 14.4. The number of amides is 1. The maximum atomic E-state index is 11.6. The molecule has 0 saturated carbocycles. The lowest BCUT2D eigenvalue weighted by Crippen LogP contribution is -2.27. The fraction of sp³-hybridized carbons (Fsp3) is 0.267. The number of ether oxygens (including phenoxy) is 1. The fourth-order valence-electron chi connectivity index (χ4n) is 1.60. The highest BCUT2D eigenvalue weighted by molar-refractivity contribution is 6.42. The Morgan fingerprint density at radius 1 is 1.04 bits per heavy atom. The van der Waals surface area contributed by atoms with Crippen LogP contribution in [0.4, 0.5) is 22.1 Å². The Bertz CT molecular complexity index is 700. The van der Waals surface area contributed by atoms with E-state index >= 15 is 0 Å². The van der Waals surface area contributed by atoms with E-state index in [2.05, 4.69) is 20.8 Å². The van der Waals surface area contributed by atoms with Gasteiger partial charge in [0.25, 0.3) is 0 Å². The largest absolute Gasteiger partial charge is 0.444 e. The summed E-state index contributed by atoms with van der Waals surface area (Å²) >= 11 is 11.8. The van der Waals surface area contributed by atoms with Crippen LogP contribution in [0, 0.1) is 0 Å². The van der Waals surface area contributed by atoms with Gasteiger partial charge in [-0.2, -0.15) is 0 Å². The Kier molecular flexibility index (Phi) is 5.28. The first-order valence-corrected chi connectivity index (χ1v) is 7.54. The third-order valence-electron chi connectivity index (χ3n) is 2.49. The standard InChI is InChI=1S/C15H16Cl2N4O2/c1-15(2,3)23-14(22)19-13-7-6-12(20-21-13)18-9-4-5-10(16)11(17)8-9/h4-8H,1-3H3,(H,18,20)(H,19,21,22). The molecule has 2 rings (SSSR count). The van der Waals surface area contributed by atoms with E-state index < -0.39 is 11.7 Å². The quantitative estimate of drug-likeness (QED) is 0.821. The number of aromatic nitrogens is 2. The van der Waals surface area contributed by atoms with Crippen molar-refractivity contribution in [2.45, 2.75) is 26.4 Å². The van der Waals surface area contributed by atoms with Crippen LogP contribution in [-0.2, 0) is 4.74 Å². The molecule has 1 amide bonds. The van der Waals surface area contributed by atoms with E-state index in [0.29, 0.717) is 21.7 Å². The summed E-state index contributed by atoms with van der Waals surface area (Å²) in [4.78, 5) is 11.6. The molecule has 0 spiro atoms. The molecule has 0 radical (unpaired) electrons. The summed E-state index contributed by atoms with van der Waals surface area (Å²) in [6.07, 6.45) is -0.586. The average molecular weight is 355 g/mol. The monoisotopic (exact) mass is 354 g/mol. The van der Waals surface area contributed by atoms with Crippen LogP contribution >= 0.6 is 23.2 Å². The lowest BCUT2D eigenvalue weighted by Gasteiger charge is -2.19. The second-order valence-electron chi connectivity index (χ2n) is 5.68. The molecule has 2 aromatic rings. The number of rotatable bonds is 3. The van der Waals surface area contributed by atoms with E-state index in [4.69, 9.17) is 27.9 Å². The van der Waals surface area contributed by atoms with Gasteiger partial charge in [-0.05, 0) is 51.1 Å². The highest BCUT2D eigenvalue weighted by Gasteiger charge is 2.16. The minimum absolute atomic E-state index is 0.291. The molecule has 0 fully saturated rings. The Morgan fingerprint density at radius 3 is 2.26 bits per heavy atom. The number of carbonyl (C=O) groups is 1. The molecule has 2 N–H and O–H groups in total. The summed E-state index contributed by atoms with van der Waals surface area (Å²) in [6.45, 7) is 5.34. The summed E-state index contributed by atoms with van der Waals surface area (Å²) in [5.74, 6) is 0.789. The first kappa shape index (κ1) is 17.3. The van der Waals surface area contributed by atoms with Gasteiger partial charge in [0.15, 0.2) is 11.6 Å². The van der Waals surface area contributed by atoms with Crippen molar-refractivity contribution in [1.82, 2.24) is 10.2 Å². The Balaban J connectivity index is 1.99. The van der Waals surface area contributed by atoms with Gasteiger partial charge in [0.2, 0.25) is 0 Å². The molecule has 0 aliphatic heterocycles. The van der Waals surface area contributed by atoms with Crippen LogP contribution in [0.25, 0.3) is 0 Å². The number of carbonyl (C=O) groups excluding carboxylic acids is 1. The van der Waals surface area contributed by atoms with Gasteiger partial charge in [-0.3, -0.25) is 5.32 Å². The van der Waals surface area contributed by atoms with Crippen LogP contribution in [0.1, 0.15) is 20.8 Å². The number of nitrogens with one attached hydrogen (secondary N) is 2. The molecule has 0 bridgehead atoms. The van der Waals surface area contributed by atoms with Crippen LogP contribution in [0.3, 0.4) is 0 Å². The van der Waals surface area contributed by atoms with Crippen molar-refractivity contribution in [3.05, 3.63) is 40.4 Å². The summed E-state index contributed by atoms with van der Waals surface area (Å²) in [6, 6.07) is 8.40. The van der Waals surface area contributed by atoms with E-state index in [1.54, 1.807) is 51.1 Å². The molecular formula is C15H16Cl2N4O2. The smallest absolute Gasteiger partial charge is 0.413 e. The molecule has 122 valence electrons. The zero-order chi connectivity index (χ0) is 17.0. The summed E-state index contributed by atoms with van der Waals surface area (Å²) in [7, 11) is 0. The predicted octanol–water partition coefficient (Wildman–Crippen LogP) is 4.87. The second kappa shape index (κ2) is 7.02. The average Bonchev–Trinajstić information content (AvgIpc) is 2.43. The van der Waals surface area contributed by atoms with Crippen molar-refractivity contribution in [3.8, 4) is 0 Å². The van der Waals surface area contributed by atoms with Gasteiger partial charge < -0.3 is 10.1 Å². The Labute approximate surface area is 144 Å². The molecule has 1 aromatic carbocycles. The Morgan fingerprint density at radius 2 is 1.70 bits per heavy atom. The van der Waals surface area contributed by atoms with E-state index in [1.165, 1.54) is 0 Å². The van der Waals surface area contributed by atoms with E-state index in [-0.39, 0.29) is 0 Å². The van der Waals surface area contributed by atoms with Crippen molar-refractivity contribution < 1.29 is 9.53 Å². The van der Waals surface area contributed by atoms with Crippen molar-refractivity contribution in [2.24, 2.45) is 0 Å². The lowest BCUT2D eigenvalue weighted by molar-refractivity contribution is 0.0635. The number of nitrogens with zero attached hydrogens (tertiary/aromatic N) is 2. The molecule has 8 heteroatoms. The minimum atomic E-state index is -0.586. The molecule has 0 aliphatic carbocycles.